The minimum absolute atomic E-state index is 0. The molecule has 0 aliphatic rings. The second-order valence-electron chi connectivity index (χ2n) is 4.99. The van der Waals surface area contributed by atoms with Crippen molar-refractivity contribution < 1.29 is 43.1 Å². The smallest absolute Gasteiger partial charge is 0.768 e. The van der Waals surface area contributed by atoms with Crippen LogP contribution in [0.3, 0.4) is 0 Å². The average Bonchev–Trinajstić information content (AvgIpc) is 2.24. The van der Waals surface area contributed by atoms with Gasteiger partial charge in [0.05, 0.1) is 6.61 Å². The van der Waals surface area contributed by atoms with Crippen molar-refractivity contribution in [1.29, 1.82) is 0 Å². The monoisotopic (exact) mass is 278 g/mol. The second kappa shape index (κ2) is 7.65. The normalized spacial score (nSPS) is 12.7. The molecule has 0 heterocycles. The fourth-order valence-electron chi connectivity index (χ4n) is 1.54. The van der Waals surface area contributed by atoms with Crippen LogP contribution < -0.4 is 34.3 Å². The molecule has 0 saturated heterocycles. The Labute approximate surface area is 134 Å². The molecule has 3 nitrogen and oxygen atoms in total. The first-order chi connectivity index (χ1) is 7.86. The Kier molecular flexibility index (Phi) is 7.71. The third-order valence-corrected chi connectivity index (χ3v) is 3.05. The molecule has 1 aromatic rings. The van der Waals surface area contributed by atoms with Gasteiger partial charge in [-0.2, -0.15) is 0 Å². The van der Waals surface area contributed by atoms with E-state index in [1.165, 1.54) is 0 Å². The quantitative estimate of drug-likeness (QED) is 0.576. The first kappa shape index (κ1) is 18.1. The van der Waals surface area contributed by atoms with Crippen LogP contribution in [0, 0.1) is 0 Å². The van der Waals surface area contributed by atoms with Crippen LogP contribution in [0.15, 0.2) is 23.1 Å². The molecule has 5 heteroatoms. The summed E-state index contributed by atoms with van der Waals surface area (Å²) < 4.78 is 27.6. The van der Waals surface area contributed by atoms with Gasteiger partial charge in [-0.3, -0.25) is 4.21 Å². The molecule has 0 aliphatic heterocycles. The first-order valence-electron chi connectivity index (χ1n) is 5.73. The summed E-state index contributed by atoms with van der Waals surface area (Å²) in [4.78, 5) is 0.304. The second-order valence-corrected chi connectivity index (χ2v) is 5.93. The fraction of sp³-hybridized carbons (Fsp3) is 0.538. The van der Waals surface area contributed by atoms with E-state index in [2.05, 4.69) is 0 Å². The zero-order valence-electron chi connectivity index (χ0n) is 11.8. The van der Waals surface area contributed by atoms with E-state index >= 15 is 0 Å². The Morgan fingerprint density at radius 2 is 1.94 bits per heavy atom. The largest absolute Gasteiger partial charge is 1.00 e. The van der Waals surface area contributed by atoms with Crippen LogP contribution in [0.25, 0.3) is 0 Å². The number of rotatable bonds is 4. The number of ether oxygens (including phenoxy) is 1. The van der Waals surface area contributed by atoms with Crippen LogP contribution in [0.1, 0.15) is 39.7 Å². The summed E-state index contributed by atoms with van der Waals surface area (Å²) in [5, 5.41) is 0. The Bertz CT molecular complexity index is 413. The van der Waals surface area contributed by atoms with Crippen molar-refractivity contribution in [3.05, 3.63) is 23.8 Å². The van der Waals surface area contributed by atoms with Gasteiger partial charge in [0, 0.05) is 10.5 Å². The SMILES string of the molecule is CCCOc1ccc(S(=O)[O-])cc1C(C)(C)C.[Na+]. The Morgan fingerprint density at radius 3 is 2.39 bits per heavy atom. The van der Waals surface area contributed by atoms with Crippen LogP contribution in [0.2, 0.25) is 0 Å². The minimum Gasteiger partial charge on any atom is -0.768 e. The van der Waals surface area contributed by atoms with Gasteiger partial charge >= 0.3 is 29.6 Å². The van der Waals surface area contributed by atoms with E-state index in [-0.39, 0.29) is 35.0 Å². The van der Waals surface area contributed by atoms with E-state index in [0.29, 0.717) is 11.5 Å². The molecule has 1 aromatic carbocycles. The molecule has 1 rings (SSSR count). The van der Waals surface area contributed by atoms with E-state index < -0.39 is 11.1 Å². The molecular formula is C13H19NaO3S. The van der Waals surface area contributed by atoms with Gasteiger partial charge in [-0.05, 0) is 41.1 Å². The van der Waals surface area contributed by atoms with E-state index in [4.69, 9.17) is 4.74 Å². The summed E-state index contributed by atoms with van der Waals surface area (Å²) >= 11 is -2.19. The molecule has 0 amide bonds. The van der Waals surface area contributed by atoms with Crippen molar-refractivity contribution in [3.8, 4) is 5.75 Å². The summed E-state index contributed by atoms with van der Waals surface area (Å²) in [6.45, 7) is 8.80. The molecule has 18 heavy (non-hydrogen) atoms. The summed E-state index contributed by atoms with van der Waals surface area (Å²) in [5.41, 5.74) is 0.783. The molecule has 0 aromatic heterocycles. The third-order valence-electron chi connectivity index (χ3n) is 2.41. The van der Waals surface area contributed by atoms with Crippen LogP contribution >= 0.6 is 0 Å². The molecule has 96 valence electrons. The van der Waals surface area contributed by atoms with Crippen molar-refractivity contribution in [2.45, 2.75) is 44.4 Å². The van der Waals surface area contributed by atoms with Gasteiger partial charge in [0.1, 0.15) is 5.75 Å². The number of hydrogen-bond donors (Lipinski definition) is 0. The van der Waals surface area contributed by atoms with E-state index in [9.17, 15) is 8.76 Å². The van der Waals surface area contributed by atoms with Crippen LogP contribution in [0.5, 0.6) is 5.75 Å². The maximum absolute atomic E-state index is 11.0. The summed E-state index contributed by atoms with van der Waals surface area (Å²) in [5.74, 6) is 0.772. The third kappa shape index (κ3) is 5.02. The summed E-state index contributed by atoms with van der Waals surface area (Å²) in [6.07, 6.45) is 0.929. The van der Waals surface area contributed by atoms with Gasteiger partial charge in [0.15, 0.2) is 0 Å². The van der Waals surface area contributed by atoms with Crippen molar-refractivity contribution in [3.63, 3.8) is 0 Å². The molecule has 0 radical (unpaired) electrons. The molecule has 0 saturated carbocycles. The van der Waals surface area contributed by atoms with Crippen molar-refractivity contribution in [2.75, 3.05) is 6.61 Å². The molecular weight excluding hydrogens is 259 g/mol. The maximum atomic E-state index is 11.0. The van der Waals surface area contributed by atoms with Gasteiger partial charge in [-0.15, -0.1) is 0 Å². The van der Waals surface area contributed by atoms with Gasteiger partial charge in [0.25, 0.3) is 0 Å². The number of benzene rings is 1. The summed E-state index contributed by atoms with van der Waals surface area (Å²) in [6, 6.07) is 5.00. The van der Waals surface area contributed by atoms with Crippen LogP contribution in [-0.2, 0) is 16.5 Å². The van der Waals surface area contributed by atoms with Crippen LogP contribution in [0.4, 0.5) is 0 Å². The Hall–Kier alpha value is 0.130. The standard InChI is InChI=1S/C13H20O3S.Na/c1-5-8-16-12-7-6-10(17(14)15)9-11(12)13(2,3)4;/h6-7,9H,5,8H2,1-4H3,(H,14,15);/q;+1/p-1. The van der Waals surface area contributed by atoms with Crippen molar-refractivity contribution in [2.24, 2.45) is 0 Å². The zero-order valence-corrected chi connectivity index (χ0v) is 14.6. The van der Waals surface area contributed by atoms with E-state index in [0.717, 1.165) is 17.7 Å². The predicted molar refractivity (Wildman–Crippen MR) is 68.1 cm³/mol. The number of hydrogen-bond acceptors (Lipinski definition) is 3. The molecule has 1 atom stereocenters. The minimum atomic E-state index is -2.19. The summed E-state index contributed by atoms with van der Waals surface area (Å²) in [7, 11) is 0. The predicted octanol–water partition coefficient (Wildman–Crippen LogP) is 0.0149. The molecule has 0 spiro atoms. The van der Waals surface area contributed by atoms with Gasteiger partial charge in [0.2, 0.25) is 0 Å². The first-order valence-corrected chi connectivity index (χ1v) is 6.80. The topological polar surface area (TPSA) is 49.4 Å². The molecule has 0 fully saturated rings. The molecule has 0 N–H and O–H groups in total. The Balaban J connectivity index is 0.00000289. The van der Waals surface area contributed by atoms with E-state index in [1.54, 1.807) is 18.2 Å². The Morgan fingerprint density at radius 1 is 1.33 bits per heavy atom. The fourth-order valence-corrected chi connectivity index (χ4v) is 1.93. The van der Waals surface area contributed by atoms with Gasteiger partial charge < -0.3 is 9.29 Å². The molecule has 1 unspecified atom stereocenters. The van der Waals surface area contributed by atoms with Crippen molar-refractivity contribution in [1.82, 2.24) is 0 Å². The maximum Gasteiger partial charge on any atom is 1.00 e. The van der Waals surface area contributed by atoms with Gasteiger partial charge in [-0.25, -0.2) is 0 Å². The van der Waals surface area contributed by atoms with Gasteiger partial charge in [-0.1, -0.05) is 27.7 Å². The van der Waals surface area contributed by atoms with E-state index in [1.807, 2.05) is 27.7 Å². The zero-order chi connectivity index (χ0) is 13.1. The molecule has 0 bridgehead atoms. The molecule has 0 aliphatic carbocycles. The van der Waals surface area contributed by atoms with Crippen molar-refractivity contribution >= 4 is 11.1 Å². The van der Waals surface area contributed by atoms with Crippen LogP contribution in [-0.4, -0.2) is 15.4 Å². The average molecular weight is 278 g/mol.